The highest BCUT2D eigenvalue weighted by Crippen LogP contribution is 2.46. The summed E-state index contributed by atoms with van der Waals surface area (Å²) in [6, 6.07) is 23.0. The molecule has 2 aliphatic heterocycles. The van der Waals surface area contributed by atoms with Crippen molar-refractivity contribution in [3.63, 3.8) is 0 Å². The number of hydrogen-bond acceptors (Lipinski definition) is 12. The first-order valence-electron chi connectivity index (χ1n) is 18.8. The largest absolute Gasteiger partial charge is 1.00 e. The van der Waals surface area contributed by atoms with Crippen LogP contribution in [0.5, 0.6) is 5.75 Å². The number of thiazole rings is 1. The number of para-hydroxylation sites is 1. The van der Waals surface area contributed by atoms with Crippen molar-refractivity contribution in [2.24, 2.45) is 21.8 Å². The highest BCUT2D eigenvalue weighted by molar-refractivity contribution is 8.00. The lowest BCUT2D eigenvalue weighted by Crippen LogP contribution is -3.00. The van der Waals surface area contributed by atoms with Gasteiger partial charge in [0, 0.05) is 45.8 Å². The SMILES string of the molecule is CO/N=C(\C(=O)C[C@@H]1C(=O)N2C(C(=O)OCc3ccc(OC)cc3)=C(C[n+]3ccc4c(ccn4Cc4cc(C(N)=Nc5ccccc5)cs4)c3)CS[C@H]12)c1nc(C)sc1Cl.[I-]. The van der Waals surface area contributed by atoms with Crippen LogP contribution in [0, 0.1) is 12.8 Å². The number of carbonyl (C=O) groups excluding carboxylic acids is 3. The Balaban J connectivity index is 0.00000561. The van der Waals surface area contributed by atoms with Crippen molar-refractivity contribution in [1.82, 2.24) is 14.5 Å². The number of benzene rings is 2. The number of thiophene rings is 1. The van der Waals surface area contributed by atoms with E-state index in [1.54, 1.807) is 37.5 Å². The van der Waals surface area contributed by atoms with Crippen LogP contribution in [0.2, 0.25) is 4.34 Å². The van der Waals surface area contributed by atoms with E-state index in [1.165, 1.54) is 35.1 Å². The van der Waals surface area contributed by atoms with Crippen molar-refractivity contribution < 1.29 is 57.2 Å². The number of ether oxygens (including phenoxy) is 2. The molecular weight excluding hydrogens is 969 g/mol. The zero-order valence-electron chi connectivity index (χ0n) is 33.1. The Bertz CT molecular complexity index is 2700. The number of methoxy groups -OCH3 is 1. The number of fused-ring (bicyclic) bond motifs is 2. The maximum Gasteiger partial charge on any atom is 0.355 e. The fourth-order valence-electron chi connectivity index (χ4n) is 7.15. The average molecular weight is 1010 g/mol. The predicted molar refractivity (Wildman–Crippen MR) is 234 cm³/mol. The normalized spacial score (nSPS) is 16.5. The Morgan fingerprint density at radius 1 is 1.08 bits per heavy atom. The molecule has 2 aliphatic rings. The van der Waals surface area contributed by atoms with Gasteiger partial charge < -0.3 is 48.6 Å². The molecule has 4 aromatic heterocycles. The standard InChI is InChI=1S/C43H39ClN7O6S3.HI/c1-25-46-37(39(44)60-25)36(48-56-3)35(52)18-33-41(53)51-38(43(54)57-22-26-9-11-31(55-2)12-10-26)29(24-59-42(33)51)20-49-15-14-34-27(19-49)13-16-50(34)21-32-17-28(23-58-32)40(45)47-30-7-5-4-6-8-30;/h4-17,19,23,33,42H,18,20-22,24H2,1-3H3,(H2,45,47);1H/q+1;/p-1/b48-36+;/t33-,42-;/m1./s1. The molecule has 1 fully saturated rings. The van der Waals surface area contributed by atoms with Gasteiger partial charge in [0.15, 0.2) is 30.4 Å². The molecule has 8 rings (SSSR count). The summed E-state index contributed by atoms with van der Waals surface area (Å²) in [7, 11) is 2.91. The van der Waals surface area contributed by atoms with E-state index in [2.05, 4.69) is 31.8 Å². The molecule has 13 nitrogen and oxygen atoms in total. The van der Waals surface area contributed by atoms with E-state index in [4.69, 9.17) is 31.6 Å². The molecule has 0 radical (unpaired) electrons. The summed E-state index contributed by atoms with van der Waals surface area (Å²) >= 11 is 10.7. The minimum Gasteiger partial charge on any atom is -1.00 e. The fraction of sp³-hybridized carbons (Fsp3) is 0.233. The Morgan fingerprint density at radius 2 is 1.87 bits per heavy atom. The van der Waals surface area contributed by atoms with Crippen molar-refractivity contribution in [3.05, 3.63) is 139 Å². The first-order chi connectivity index (χ1) is 29.1. The van der Waals surface area contributed by atoms with E-state index in [0.29, 0.717) is 39.8 Å². The zero-order valence-corrected chi connectivity index (χ0v) is 38.5. The van der Waals surface area contributed by atoms with Crippen LogP contribution in [-0.4, -0.2) is 69.0 Å². The Hall–Kier alpha value is -5.08. The third-order valence-electron chi connectivity index (χ3n) is 10.1. The number of amidine groups is 1. The predicted octanol–water partition coefficient (Wildman–Crippen LogP) is 4.05. The minimum atomic E-state index is -0.704. The van der Waals surface area contributed by atoms with Crippen LogP contribution >= 0.6 is 46.0 Å². The zero-order chi connectivity index (χ0) is 41.9. The van der Waals surface area contributed by atoms with Gasteiger partial charge in [0.2, 0.25) is 5.91 Å². The number of rotatable bonds is 15. The molecule has 0 spiro atoms. The summed E-state index contributed by atoms with van der Waals surface area (Å²) in [4.78, 5) is 58.2. The molecule has 18 heteroatoms. The molecule has 61 heavy (non-hydrogen) atoms. The number of pyridine rings is 1. The second-order valence-electron chi connectivity index (χ2n) is 14.0. The van der Waals surface area contributed by atoms with Crippen molar-refractivity contribution >= 4 is 91.8 Å². The molecule has 0 bridgehead atoms. The quantitative estimate of drug-likeness (QED) is 0.0306. The number of esters is 1. The van der Waals surface area contributed by atoms with Gasteiger partial charge in [0.25, 0.3) is 0 Å². The number of aryl methyl sites for hydroxylation is 1. The van der Waals surface area contributed by atoms with E-state index in [9.17, 15) is 14.4 Å². The molecule has 0 saturated carbocycles. The van der Waals surface area contributed by atoms with Gasteiger partial charge in [-0.3, -0.25) is 14.5 Å². The number of β-lactam (4-membered cyclic amide) rings is 1. The number of nitrogens with two attached hydrogens (primary N) is 1. The summed E-state index contributed by atoms with van der Waals surface area (Å²) in [5.41, 5.74) is 10.9. The first-order valence-corrected chi connectivity index (χ1v) is 21.9. The minimum absolute atomic E-state index is 0. The van der Waals surface area contributed by atoms with Gasteiger partial charge >= 0.3 is 5.97 Å². The van der Waals surface area contributed by atoms with Gasteiger partial charge in [-0.05, 0) is 48.9 Å². The molecule has 6 aromatic rings. The lowest BCUT2D eigenvalue weighted by molar-refractivity contribution is -0.687. The monoisotopic (exact) mass is 1010 g/mol. The van der Waals surface area contributed by atoms with E-state index >= 15 is 0 Å². The first kappa shape index (κ1) is 44.0. The number of ketones is 1. The Labute approximate surface area is 385 Å². The molecule has 314 valence electrons. The number of halogens is 2. The average Bonchev–Trinajstić information content (AvgIpc) is 3.99. The van der Waals surface area contributed by atoms with E-state index in [-0.39, 0.29) is 60.0 Å². The smallest absolute Gasteiger partial charge is 0.355 e. The summed E-state index contributed by atoms with van der Waals surface area (Å²) in [5.74, 6) is -0.524. The van der Waals surface area contributed by atoms with Crippen LogP contribution in [0.3, 0.4) is 0 Å². The molecule has 6 heterocycles. The van der Waals surface area contributed by atoms with Crippen LogP contribution in [0.15, 0.2) is 118 Å². The van der Waals surface area contributed by atoms with E-state index in [0.717, 1.165) is 38.2 Å². The molecule has 1 saturated heterocycles. The van der Waals surface area contributed by atoms with Gasteiger partial charge in [0.05, 0.1) is 46.5 Å². The van der Waals surface area contributed by atoms with Crippen molar-refractivity contribution in [2.45, 2.75) is 38.4 Å². The molecule has 0 aliphatic carbocycles. The Kier molecular flexibility index (Phi) is 13.9. The van der Waals surface area contributed by atoms with Gasteiger partial charge in [0.1, 0.15) is 41.0 Å². The maximum atomic E-state index is 14.0. The van der Waals surface area contributed by atoms with Crippen LogP contribution in [0.1, 0.15) is 33.1 Å². The number of aromatic nitrogens is 3. The highest BCUT2D eigenvalue weighted by Gasteiger charge is 2.55. The van der Waals surface area contributed by atoms with Crippen molar-refractivity contribution in [3.8, 4) is 5.75 Å². The second-order valence-corrected chi connectivity index (χ2v) is 17.9. The van der Waals surface area contributed by atoms with Crippen molar-refractivity contribution in [2.75, 3.05) is 20.0 Å². The second kappa shape index (κ2) is 19.3. The number of Topliss-reactive ketones (excluding diaryl/α,β-unsaturated/α-hetero) is 1. The number of carbonyl (C=O) groups is 3. The number of aliphatic imine (C=N–C) groups is 1. The lowest BCUT2D eigenvalue weighted by Gasteiger charge is -2.49. The number of amides is 1. The summed E-state index contributed by atoms with van der Waals surface area (Å²) in [5, 5.41) is 7.15. The van der Waals surface area contributed by atoms with E-state index < -0.39 is 23.0 Å². The summed E-state index contributed by atoms with van der Waals surface area (Å²) < 4.78 is 15.6. The maximum absolute atomic E-state index is 14.0. The summed E-state index contributed by atoms with van der Waals surface area (Å²) in [6.07, 6.45) is 5.89. The molecule has 2 N–H and O–H groups in total. The van der Waals surface area contributed by atoms with Crippen LogP contribution in [0.25, 0.3) is 10.9 Å². The highest BCUT2D eigenvalue weighted by atomic mass is 127. The van der Waals surface area contributed by atoms with Gasteiger partial charge in [-0.2, -0.15) is 0 Å². The molecule has 2 atom stereocenters. The Morgan fingerprint density at radius 3 is 2.59 bits per heavy atom. The topological polar surface area (TPSA) is 155 Å². The van der Waals surface area contributed by atoms with Crippen molar-refractivity contribution in [1.29, 1.82) is 0 Å². The van der Waals surface area contributed by atoms with Gasteiger partial charge in [-0.25, -0.2) is 19.3 Å². The third-order valence-corrected chi connectivity index (χ3v) is 13.6. The molecule has 1 amide bonds. The molecular formula is C43H39ClIN7O6S3. The number of thioether (sulfide) groups is 1. The van der Waals surface area contributed by atoms with Crippen LogP contribution in [-0.2, 0) is 43.7 Å². The van der Waals surface area contributed by atoms with Gasteiger partial charge in [-0.15, -0.1) is 34.4 Å². The fourth-order valence-corrected chi connectivity index (χ4v) is 10.5. The number of hydrogen-bond donors (Lipinski definition) is 1. The molecule has 2 aromatic carbocycles. The summed E-state index contributed by atoms with van der Waals surface area (Å²) in [6.45, 7) is 2.76. The molecule has 0 unspecified atom stereocenters. The third kappa shape index (κ3) is 9.55. The number of nitrogens with zero attached hydrogens (tertiary/aromatic N) is 6. The van der Waals surface area contributed by atoms with Crippen LogP contribution in [0.4, 0.5) is 5.69 Å². The number of oxime groups is 1. The van der Waals surface area contributed by atoms with Crippen LogP contribution < -0.4 is 39.0 Å². The van der Waals surface area contributed by atoms with Gasteiger partial charge in [-0.1, -0.05) is 47.1 Å². The van der Waals surface area contributed by atoms with E-state index in [1.807, 2.05) is 77.1 Å². The lowest BCUT2D eigenvalue weighted by atomic mass is 9.89.